The molecule has 8 heteroatoms. The van der Waals surface area contributed by atoms with Gasteiger partial charge in [-0.2, -0.15) is 4.31 Å². The van der Waals surface area contributed by atoms with E-state index in [9.17, 15) is 13.2 Å². The summed E-state index contributed by atoms with van der Waals surface area (Å²) in [6.07, 6.45) is 3.01. The third-order valence-electron chi connectivity index (χ3n) is 4.42. The standard InChI is InChI=1S/C18H23N3O3S2/c1-13-5-6-14(19)11-16(13)20-17(22)12-15-7-8-18(25-15)26(23,24)21-9-3-2-4-10-21/h5-8,11H,2-4,9-10,12,19H2,1H3,(H,20,22). The normalized spacial score (nSPS) is 15.7. The minimum absolute atomic E-state index is 0.133. The Bertz CT molecular complexity index is 900. The molecule has 2 aromatic rings. The van der Waals surface area contributed by atoms with Crippen LogP contribution in [0, 0.1) is 6.92 Å². The van der Waals surface area contributed by atoms with Crippen molar-refractivity contribution in [3.63, 3.8) is 0 Å². The molecule has 6 nitrogen and oxygen atoms in total. The zero-order valence-electron chi connectivity index (χ0n) is 14.7. The van der Waals surface area contributed by atoms with Crippen LogP contribution >= 0.6 is 11.3 Å². The number of nitrogens with one attached hydrogen (secondary N) is 1. The van der Waals surface area contributed by atoms with Crippen LogP contribution in [0.15, 0.2) is 34.5 Å². The Morgan fingerprint density at radius 2 is 1.92 bits per heavy atom. The molecule has 2 heterocycles. The Balaban J connectivity index is 1.68. The lowest BCUT2D eigenvalue weighted by molar-refractivity contribution is -0.115. The number of hydrogen-bond donors (Lipinski definition) is 2. The highest BCUT2D eigenvalue weighted by Crippen LogP contribution is 2.27. The summed E-state index contributed by atoms with van der Waals surface area (Å²) in [4.78, 5) is 13.0. The second-order valence-corrected chi connectivity index (χ2v) is 9.82. The minimum atomic E-state index is -3.44. The number of hydrogen-bond acceptors (Lipinski definition) is 5. The molecule has 26 heavy (non-hydrogen) atoms. The average Bonchev–Trinajstić information content (AvgIpc) is 3.08. The number of sulfonamides is 1. The third-order valence-corrected chi connectivity index (χ3v) is 7.87. The molecule has 0 atom stereocenters. The summed E-state index contributed by atoms with van der Waals surface area (Å²) in [6, 6.07) is 8.66. The number of nitrogens with zero attached hydrogens (tertiary/aromatic N) is 1. The van der Waals surface area contributed by atoms with Crippen LogP contribution in [0.2, 0.25) is 0 Å². The molecule has 3 rings (SSSR count). The first-order valence-electron chi connectivity index (χ1n) is 8.61. The van der Waals surface area contributed by atoms with Gasteiger partial charge in [0.1, 0.15) is 4.21 Å². The molecule has 0 radical (unpaired) electrons. The Morgan fingerprint density at radius 3 is 2.65 bits per heavy atom. The summed E-state index contributed by atoms with van der Waals surface area (Å²) in [7, 11) is -3.44. The molecule has 1 aliphatic rings. The molecule has 0 aliphatic carbocycles. The van der Waals surface area contributed by atoms with Crippen LogP contribution < -0.4 is 11.1 Å². The molecule has 1 saturated heterocycles. The number of nitrogens with two attached hydrogens (primary N) is 1. The Kier molecular flexibility index (Phi) is 5.64. The Morgan fingerprint density at radius 1 is 1.19 bits per heavy atom. The number of piperidine rings is 1. The predicted molar refractivity (Wildman–Crippen MR) is 105 cm³/mol. The predicted octanol–water partition coefficient (Wildman–Crippen LogP) is 2.99. The maximum absolute atomic E-state index is 12.7. The van der Waals surface area contributed by atoms with Gasteiger partial charge in [0.05, 0.1) is 6.42 Å². The van der Waals surface area contributed by atoms with Gasteiger partial charge in [-0.05, 0) is 49.6 Å². The Labute approximate surface area is 158 Å². The highest BCUT2D eigenvalue weighted by Gasteiger charge is 2.27. The molecule has 0 unspecified atom stereocenters. The summed E-state index contributed by atoms with van der Waals surface area (Å²) in [5.74, 6) is -0.192. The van der Waals surface area contributed by atoms with Gasteiger partial charge in [0.25, 0.3) is 10.0 Å². The highest BCUT2D eigenvalue weighted by molar-refractivity contribution is 7.91. The van der Waals surface area contributed by atoms with Crippen molar-refractivity contribution in [3.8, 4) is 0 Å². The maximum atomic E-state index is 12.7. The van der Waals surface area contributed by atoms with Gasteiger partial charge in [0.2, 0.25) is 5.91 Å². The number of nitrogen functional groups attached to an aromatic ring is 1. The van der Waals surface area contributed by atoms with E-state index in [0.29, 0.717) is 28.7 Å². The minimum Gasteiger partial charge on any atom is -0.399 e. The smallest absolute Gasteiger partial charge is 0.252 e. The zero-order chi connectivity index (χ0) is 18.7. The largest absolute Gasteiger partial charge is 0.399 e. The number of benzene rings is 1. The lowest BCUT2D eigenvalue weighted by Gasteiger charge is -2.25. The molecule has 3 N–H and O–H groups in total. The van der Waals surface area contributed by atoms with E-state index >= 15 is 0 Å². The number of rotatable bonds is 5. The second kappa shape index (κ2) is 7.77. The number of thiophene rings is 1. The molecule has 0 bridgehead atoms. The van der Waals surface area contributed by atoms with Crippen molar-refractivity contribution in [2.24, 2.45) is 0 Å². The van der Waals surface area contributed by atoms with Gasteiger partial charge in [-0.1, -0.05) is 12.5 Å². The monoisotopic (exact) mass is 393 g/mol. The van der Waals surface area contributed by atoms with E-state index in [0.717, 1.165) is 41.0 Å². The number of amides is 1. The fourth-order valence-electron chi connectivity index (χ4n) is 2.95. The van der Waals surface area contributed by atoms with Crippen LogP contribution in [0.1, 0.15) is 29.7 Å². The number of carbonyl (C=O) groups excluding carboxylic acids is 1. The average molecular weight is 394 g/mol. The van der Waals surface area contributed by atoms with Crippen molar-refractivity contribution >= 4 is 38.6 Å². The summed E-state index contributed by atoms with van der Waals surface area (Å²) in [5, 5.41) is 2.84. The molecule has 140 valence electrons. The van der Waals surface area contributed by atoms with Crippen LogP contribution in [0.3, 0.4) is 0 Å². The first kappa shape index (κ1) is 18.9. The first-order valence-corrected chi connectivity index (χ1v) is 10.9. The lowest BCUT2D eigenvalue weighted by Crippen LogP contribution is -2.35. The van der Waals surface area contributed by atoms with Crippen LogP contribution in [0.4, 0.5) is 11.4 Å². The van der Waals surface area contributed by atoms with Crippen molar-refractivity contribution < 1.29 is 13.2 Å². The quantitative estimate of drug-likeness (QED) is 0.764. The molecule has 1 aromatic heterocycles. The molecule has 1 aromatic carbocycles. The van der Waals surface area contributed by atoms with Crippen molar-refractivity contribution in [1.29, 1.82) is 0 Å². The summed E-state index contributed by atoms with van der Waals surface area (Å²) in [6.45, 7) is 3.04. The van der Waals surface area contributed by atoms with E-state index < -0.39 is 10.0 Å². The van der Waals surface area contributed by atoms with E-state index in [2.05, 4.69) is 5.32 Å². The molecule has 1 amide bonds. The SMILES string of the molecule is Cc1ccc(N)cc1NC(=O)Cc1ccc(S(=O)(=O)N2CCCCC2)s1. The topological polar surface area (TPSA) is 92.5 Å². The fourth-order valence-corrected chi connectivity index (χ4v) is 5.98. The highest BCUT2D eigenvalue weighted by atomic mass is 32.2. The van der Waals surface area contributed by atoms with Gasteiger partial charge in [-0.25, -0.2) is 8.42 Å². The van der Waals surface area contributed by atoms with Crippen LogP contribution in [0.5, 0.6) is 0 Å². The molecular formula is C18H23N3O3S2. The fraction of sp³-hybridized carbons (Fsp3) is 0.389. The van der Waals surface area contributed by atoms with E-state index in [-0.39, 0.29) is 12.3 Å². The molecule has 0 spiro atoms. The maximum Gasteiger partial charge on any atom is 0.252 e. The van der Waals surface area contributed by atoms with Crippen LogP contribution in [-0.2, 0) is 21.2 Å². The molecule has 1 fully saturated rings. The summed E-state index contributed by atoms with van der Waals surface area (Å²) in [5.41, 5.74) is 7.93. The van der Waals surface area contributed by atoms with E-state index in [4.69, 9.17) is 5.73 Å². The number of anilines is 2. The molecule has 0 saturated carbocycles. The van der Waals surface area contributed by atoms with Crippen LogP contribution in [0.25, 0.3) is 0 Å². The Hall–Kier alpha value is -1.90. The third kappa shape index (κ3) is 4.25. The van der Waals surface area contributed by atoms with E-state index in [1.807, 2.05) is 13.0 Å². The lowest BCUT2D eigenvalue weighted by atomic mass is 10.2. The van der Waals surface area contributed by atoms with Gasteiger partial charge in [0.15, 0.2) is 0 Å². The number of carbonyl (C=O) groups is 1. The van der Waals surface area contributed by atoms with Gasteiger partial charge in [0, 0.05) is 29.3 Å². The zero-order valence-corrected chi connectivity index (χ0v) is 16.3. The van der Waals surface area contributed by atoms with Crippen molar-refractivity contribution in [1.82, 2.24) is 4.31 Å². The molecule has 1 aliphatic heterocycles. The van der Waals surface area contributed by atoms with E-state index in [1.165, 1.54) is 0 Å². The van der Waals surface area contributed by atoms with Gasteiger partial charge < -0.3 is 11.1 Å². The molecular weight excluding hydrogens is 370 g/mol. The van der Waals surface area contributed by atoms with Gasteiger partial charge >= 0.3 is 0 Å². The second-order valence-electron chi connectivity index (χ2n) is 6.48. The van der Waals surface area contributed by atoms with E-state index in [1.54, 1.807) is 28.6 Å². The van der Waals surface area contributed by atoms with Crippen molar-refractivity contribution in [3.05, 3.63) is 40.8 Å². The van der Waals surface area contributed by atoms with Crippen molar-refractivity contribution in [2.75, 3.05) is 24.1 Å². The summed E-state index contributed by atoms with van der Waals surface area (Å²) < 4.78 is 27.2. The summed E-state index contributed by atoms with van der Waals surface area (Å²) >= 11 is 1.16. The number of aryl methyl sites for hydroxylation is 1. The van der Waals surface area contributed by atoms with Crippen molar-refractivity contribution in [2.45, 2.75) is 36.8 Å². The first-order chi connectivity index (χ1) is 12.4. The van der Waals surface area contributed by atoms with Gasteiger partial charge in [-0.15, -0.1) is 11.3 Å². The van der Waals surface area contributed by atoms with Crippen LogP contribution in [-0.4, -0.2) is 31.7 Å². The van der Waals surface area contributed by atoms with Gasteiger partial charge in [-0.3, -0.25) is 4.79 Å².